The molecular formula is C13H23N3S. The highest BCUT2D eigenvalue weighted by Gasteiger charge is 2.24. The van der Waals surface area contributed by atoms with Crippen LogP contribution in [0.1, 0.15) is 41.3 Å². The molecule has 17 heavy (non-hydrogen) atoms. The molecule has 0 bridgehead atoms. The number of nitrogens with one attached hydrogen (secondary N) is 1. The molecule has 0 saturated carbocycles. The maximum Gasteiger partial charge on any atom is 0.107 e. The Morgan fingerprint density at radius 2 is 2.29 bits per heavy atom. The number of thiazole rings is 1. The largest absolute Gasteiger partial charge is 0.316 e. The Hall–Kier alpha value is -0.450. The fraction of sp³-hybridized carbons (Fsp3) is 0.769. The van der Waals surface area contributed by atoms with Crippen LogP contribution in [-0.2, 0) is 13.0 Å². The number of rotatable bonds is 5. The monoisotopic (exact) mass is 253 g/mol. The predicted octanol–water partition coefficient (Wildman–Crippen LogP) is 2.23. The molecule has 1 unspecified atom stereocenters. The van der Waals surface area contributed by atoms with Gasteiger partial charge in [0.2, 0.25) is 0 Å². The van der Waals surface area contributed by atoms with Gasteiger partial charge < -0.3 is 10.2 Å². The number of hydrogen-bond acceptors (Lipinski definition) is 4. The van der Waals surface area contributed by atoms with Crippen LogP contribution < -0.4 is 5.32 Å². The first kappa shape index (κ1) is 13.0. The molecule has 1 aromatic heterocycles. The summed E-state index contributed by atoms with van der Waals surface area (Å²) >= 11 is 1.92. The first-order chi connectivity index (χ1) is 8.20. The molecule has 0 fully saturated rings. The van der Waals surface area contributed by atoms with Crippen LogP contribution in [0.2, 0.25) is 0 Å². The molecule has 0 radical (unpaired) electrons. The minimum atomic E-state index is 0.644. The topological polar surface area (TPSA) is 28.2 Å². The SMILES string of the molecule is CCNCC1CCCc2sc(CN(C)C)nc21. The highest BCUT2D eigenvalue weighted by atomic mass is 32.1. The quantitative estimate of drug-likeness (QED) is 0.872. The molecule has 0 saturated heterocycles. The van der Waals surface area contributed by atoms with Gasteiger partial charge in [-0.2, -0.15) is 0 Å². The summed E-state index contributed by atoms with van der Waals surface area (Å²) in [4.78, 5) is 8.60. The fourth-order valence-corrected chi connectivity index (χ4v) is 3.73. The second-order valence-corrected chi connectivity index (χ2v) is 6.22. The average Bonchev–Trinajstić information content (AvgIpc) is 2.67. The summed E-state index contributed by atoms with van der Waals surface area (Å²) in [5.74, 6) is 0.644. The van der Waals surface area contributed by atoms with Crippen molar-refractivity contribution >= 4 is 11.3 Å². The summed E-state index contributed by atoms with van der Waals surface area (Å²) in [6, 6.07) is 0. The number of aryl methyl sites for hydroxylation is 1. The third-order valence-electron chi connectivity index (χ3n) is 3.21. The van der Waals surface area contributed by atoms with Gasteiger partial charge in [-0.25, -0.2) is 4.98 Å². The van der Waals surface area contributed by atoms with E-state index < -0.39 is 0 Å². The standard InChI is InChI=1S/C13H23N3S/c1-4-14-8-10-6-5-7-11-13(10)15-12(17-11)9-16(2)3/h10,14H,4-9H2,1-3H3. The maximum atomic E-state index is 4.86. The van der Waals surface area contributed by atoms with Crippen molar-refractivity contribution in [2.75, 3.05) is 27.2 Å². The normalized spacial score (nSPS) is 19.6. The lowest BCUT2D eigenvalue weighted by molar-refractivity contribution is 0.400. The Kier molecular flexibility index (Phi) is 4.54. The summed E-state index contributed by atoms with van der Waals surface area (Å²) in [6.07, 6.45) is 3.86. The third kappa shape index (κ3) is 3.27. The minimum absolute atomic E-state index is 0.644. The van der Waals surface area contributed by atoms with Crippen LogP contribution >= 0.6 is 11.3 Å². The van der Waals surface area contributed by atoms with Crippen molar-refractivity contribution in [3.63, 3.8) is 0 Å². The summed E-state index contributed by atoms with van der Waals surface area (Å²) in [5, 5.41) is 4.74. The van der Waals surface area contributed by atoms with E-state index in [9.17, 15) is 0 Å². The van der Waals surface area contributed by atoms with E-state index in [4.69, 9.17) is 4.98 Å². The van der Waals surface area contributed by atoms with Crippen LogP contribution in [0.25, 0.3) is 0 Å². The van der Waals surface area contributed by atoms with Crippen LogP contribution in [-0.4, -0.2) is 37.1 Å². The molecule has 1 aliphatic rings. The van der Waals surface area contributed by atoms with Crippen molar-refractivity contribution in [3.05, 3.63) is 15.6 Å². The van der Waals surface area contributed by atoms with E-state index >= 15 is 0 Å². The van der Waals surface area contributed by atoms with Crippen molar-refractivity contribution in [2.45, 2.75) is 38.6 Å². The summed E-state index contributed by atoms with van der Waals surface area (Å²) in [7, 11) is 4.22. The lowest BCUT2D eigenvalue weighted by atomic mass is 9.91. The van der Waals surface area contributed by atoms with Gasteiger partial charge in [0.15, 0.2) is 0 Å². The molecule has 0 aliphatic heterocycles. The molecule has 96 valence electrons. The van der Waals surface area contributed by atoms with E-state index in [0.717, 1.165) is 19.6 Å². The van der Waals surface area contributed by atoms with E-state index in [1.54, 1.807) is 0 Å². The van der Waals surface area contributed by atoms with Gasteiger partial charge >= 0.3 is 0 Å². The second kappa shape index (κ2) is 5.94. The number of aromatic nitrogens is 1. The molecule has 1 aliphatic carbocycles. The van der Waals surface area contributed by atoms with Crippen molar-refractivity contribution in [3.8, 4) is 0 Å². The first-order valence-corrected chi connectivity index (χ1v) is 7.36. The molecule has 0 amide bonds. The zero-order valence-corrected chi connectivity index (χ0v) is 11.9. The molecule has 1 atom stereocenters. The van der Waals surface area contributed by atoms with Crippen molar-refractivity contribution in [1.82, 2.24) is 15.2 Å². The van der Waals surface area contributed by atoms with Crippen molar-refractivity contribution < 1.29 is 0 Å². The molecule has 1 heterocycles. The molecule has 3 nitrogen and oxygen atoms in total. The minimum Gasteiger partial charge on any atom is -0.316 e. The average molecular weight is 253 g/mol. The van der Waals surface area contributed by atoms with Crippen LogP contribution in [0.4, 0.5) is 0 Å². The number of nitrogens with zero attached hydrogens (tertiary/aromatic N) is 2. The van der Waals surface area contributed by atoms with Crippen LogP contribution in [0.15, 0.2) is 0 Å². The van der Waals surface area contributed by atoms with Crippen LogP contribution in [0, 0.1) is 0 Å². The molecule has 1 N–H and O–H groups in total. The van der Waals surface area contributed by atoms with Crippen molar-refractivity contribution in [1.29, 1.82) is 0 Å². The predicted molar refractivity (Wildman–Crippen MR) is 73.7 cm³/mol. The third-order valence-corrected chi connectivity index (χ3v) is 4.32. The Morgan fingerprint density at radius 3 is 3.00 bits per heavy atom. The lowest BCUT2D eigenvalue weighted by Gasteiger charge is -2.21. The van der Waals surface area contributed by atoms with Crippen molar-refractivity contribution in [2.24, 2.45) is 0 Å². The molecule has 4 heteroatoms. The number of fused-ring (bicyclic) bond motifs is 1. The lowest BCUT2D eigenvalue weighted by Crippen LogP contribution is -2.24. The van der Waals surface area contributed by atoms with Gasteiger partial charge in [-0.05, 0) is 39.9 Å². The van der Waals surface area contributed by atoms with Gasteiger partial charge in [0, 0.05) is 23.9 Å². The zero-order chi connectivity index (χ0) is 12.3. The Balaban J connectivity index is 2.10. The molecule has 1 aromatic rings. The van der Waals surface area contributed by atoms with Gasteiger partial charge in [-0.15, -0.1) is 11.3 Å². The van der Waals surface area contributed by atoms with Gasteiger partial charge in [0.25, 0.3) is 0 Å². The number of hydrogen-bond donors (Lipinski definition) is 1. The highest BCUT2D eigenvalue weighted by Crippen LogP contribution is 2.34. The van der Waals surface area contributed by atoms with Gasteiger partial charge in [0.05, 0.1) is 5.69 Å². The van der Waals surface area contributed by atoms with E-state index in [1.165, 1.54) is 34.8 Å². The Labute approximate surface area is 108 Å². The van der Waals surface area contributed by atoms with Crippen LogP contribution in [0.3, 0.4) is 0 Å². The fourth-order valence-electron chi connectivity index (χ4n) is 2.41. The molecule has 0 spiro atoms. The van der Waals surface area contributed by atoms with Crippen LogP contribution in [0.5, 0.6) is 0 Å². The van der Waals surface area contributed by atoms with Gasteiger partial charge in [0.1, 0.15) is 5.01 Å². The smallest absolute Gasteiger partial charge is 0.107 e. The van der Waals surface area contributed by atoms with Gasteiger partial charge in [-0.3, -0.25) is 0 Å². The zero-order valence-electron chi connectivity index (χ0n) is 11.1. The van der Waals surface area contributed by atoms with E-state index in [-0.39, 0.29) is 0 Å². The summed E-state index contributed by atoms with van der Waals surface area (Å²) in [5.41, 5.74) is 1.39. The van der Waals surface area contributed by atoms with E-state index in [1.807, 2.05) is 11.3 Å². The Morgan fingerprint density at radius 1 is 1.47 bits per heavy atom. The second-order valence-electron chi connectivity index (χ2n) is 5.05. The first-order valence-electron chi connectivity index (χ1n) is 6.54. The van der Waals surface area contributed by atoms with E-state index in [0.29, 0.717) is 5.92 Å². The van der Waals surface area contributed by atoms with E-state index in [2.05, 4.69) is 31.2 Å². The Bertz CT molecular complexity index is 360. The van der Waals surface area contributed by atoms with Gasteiger partial charge in [-0.1, -0.05) is 6.92 Å². The highest BCUT2D eigenvalue weighted by molar-refractivity contribution is 7.11. The maximum absolute atomic E-state index is 4.86. The molecule has 2 rings (SSSR count). The summed E-state index contributed by atoms with van der Waals surface area (Å²) in [6.45, 7) is 5.29. The number of likely N-dealkylation sites (N-methyl/N-ethyl adjacent to an activating group) is 1. The molecule has 0 aromatic carbocycles. The summed E-state index contributed by atoms with van der Waals surface area (Å²) < 4.78 is 0. The molecular weight excluding hydrogens is 230 g/mol.